The normalized spacial score (nSPS) is 33.9. The third-order valence-electron chi connectivity index (χ3n) is 4.30. The molecule has 2 aliphatic rings. The van der Waals surface area contributed by atoms with Crippen molar-refractivity contribution in [1.29, 1.82) is 0 Å². The largest absolute Gasteiger partial charge is 0.316 e. The molecule has 1 N–H and O–H groups in total. The highest BCUT2D eigenvalue weighted by atomic mass is 15.3. The molecule has 0 bridgehead atoms. The van der Waals surface area contributed by atoms with Gasteiger partial charge in [-0.2, -0.15) is 5.10 Å². The van der Waals surface area contributed by atoms with Gasteiger partial charge in [0.05, 0.1) is 5.69 Å². The molecule has 16 heavy (non-hydrogen) atoms. The number of aromatic nitrogens is 2. The zero-order valence-corrected chi connectivity index (χ0v) is 10.4. The van der Waals surface area contributed by atoms with Crippen LogP contribution in [0.2, 0.25) is 1.41 Å². The van der Waals surface area contributed by atoms with Gasteiger partial charge in [-0.3, -0.25) is 4.68 Å². The van der Waals surface area contributed by atoms with Gasteiger partial charge in [-0.15, -0.1) is 0 Å². The Balaban J connectivity index is 1.93. The summed E-state index contributed by atoms with van der Waals surface area (Å²) in [6, 6.07) is 0. The molecule has 0 spiro atoms. The first-order chi connectivity index (χ1) is 8.17. The van der Waals surface area contributed by atoms with Gasteiger partial charge in [-0.25, -0.2) is 0 Å². The van der Waals surface area contributed by atoms with Crippen LogP contribution in [0.1, 0.15) is 36.7 Å². The summed E-state index contributed by atoms with van der Waals surface area (Å²) < 4.78 is 9.73. The molecule has 0 radical (unpaired) electrons. The Morgan fingerprint density at radius 2 is 2.06 bits per heavy atom. The van der Waals surface area contributed by atoms with Crippen molar-refractivity contribution in [2.45, 2.75) is 32.6 Å². The second-order valence-corrected chi connectivity index (χ2v) is 5.08. The quantitative estimate of drug-likeness (QED) is 0.838. The fourth-order valence-corrected chi connectivity index (χ4v) is 3.45. The number of hydrogen-bond acceptors (Lipinski definition) is 2. The number of piperidine rings is 1. The van der Waals surface area contributed by atoms with Crippen molar-refractivity contribution >= 4 is 0 Å². The molecular weight excluding hydrogens is 198 g/mol. The Morgan fingerprint density at radius 1 is 1.38 bits per heavy atom. The highest BCUT2D eigenvalue weighted by Gasteiger charge is 2.55. The van der Waals surface area contributed by atoms with Crippen LogP contribution in [0.4, 0.5) is 0 Å². The second-order valence-electron chi connectivity index (χ2n) is 5.08. The molecule has 0 aromatic carbocycles. The van der Waals surface area contributed by atoms with E-state index in [0.29, 0.717) is 5.92 Å². The molecule has 2 fully saturated rings. The summed E-state index contributed by atoms with van der Waals surface area (Å²) >= 11 is 0. The van der Waals surface area contributed by atoms with E-state index >= 15 is 0 Å². The van der Waals surface area contributed by atoms with Crippen LogP contribution in [0, 0.1) is 11.8 Å². The van der Waals surface area contributed by atoms with Crippen molar-refractivity contribution in [3.8, 4) is 0 Å². The molecule has 2 heterocycles. The average molecular weight is 221 g/mol. The van der Waals surface area contributed by atoms with Gasteiger partial charge in [-0.1, -0.05) is 13.8 Å². The molecule has 1 aliphatic carbocycles. The molecule has 1 aromatic rings. The van der Waals surface area contributed by atoms with Crippen LogP contribution >= 0.6 is 0 Å². The zero-order valence-electron chi connectivity index (χ0n) is 11.4. The molecule has 3 heteroatoms. The Hall–Kier alpha value is -0.830. The predicted octanol–water partition coefficient (Wildman–Crippen LogP) is 1.48. The minimum Gasteiger partial charge on any atom is -0.316 e. The van der Waals surface area contributed by atoms with E-state index in [2.05, 4.69) is 30.7 Å². The van der Waals surface area contributed by atoms with E-state index in [0.717, 1.165) is 37.8 Å². The third-order valence-corrected chi connectivity index (χ3v) is 4.30. The number of hydrogen-bond donors (Lipinski definition) is 1. The van der Waals surface area contributed by atoms with Crippen molar-refractivity contribution in [3.63, 3.8) is 0 Å². The van der Waals surface area contributed by atoms with Gasteiger partial charge in [-0.05, 0) is 43.7 Å². The highest BCUT2D eigenvalue weighted by Crippen LogP contribution is 2.57. The van der Waals surface area contributed by atoms with Crippen LogP contribution in [-0.2, 0) is 19.9 Å². The van der Waals surface area contributed by atoms with Gasteiger partial charge in [0.25, 0.3) is 0 Å². The number of fused-ring (bicyclic) bond motifs is 1. The van der Waals surface area contributed by atoms with Crippen LogP contribution in [0.15, 0.2) is 0 Å². The molecule has 3 rings (SSSR count). The number of nitrogens with one attached hydrogen (secondary N) is 1. The molecule has 0 amide bonds. The summed E-state index contributed by atoms with van der Waals surface area (Å²) in [6.45, 7) is 6.32. The van der Waals surface area contributed by atoms with Gasteiger partial charge in [0.1, 0.15) is 1.41 Å². The number of aryl methyl sites for hydroxylation is 2. The molecule has 1 aromatic heterocycles. The number of nitrogens with zero attached hydrogens (tertiary/aromatic N) is 2. The van der Waals surface area contributed by atoms with Gasteiger partial charge >= 0.3 is 0 Å². The van der Waals surface area contributed by atoms with E-state index < -0.39 is 0 Å². The van der Waals surface area contributed by atoms with E-state index in [4.69, 9.17) is 1.41 Å². The van der Waals surface area contributed by atoms with E-state index in [1.54, 1.807) is 5.31 Å². The van der Waals surface area contributed by atoms with Gasteiger partial charge < -0.3 is 5.31 Å². The number of rotatable bonds is 3. The SMILES string of the molecule is [3H]N1C[C@@H]2C(c3c(CC)nn(C)c3CC)[C@@H]2C1. The maximum Gasteiger partial charge on any atom is 0.122 e. The summed E-state index contributed by atoms with van der Waals surface area (Å²) in [5.41, 5.74) is 4.23. The van der Waals surface area contributed by atoms with Crippen LogP contribution in [0.25, 0.3) is 0 Å². The summed E-state index contributed by atoms with van der Waals surface area (Å²) in [5, 5.41) is 6.39. The summed E-state index contributed by atoms with van der Waals surface area (Å²) in [4.78, 5) is 0. The molecule has 1 unspecified atom stereocenters. The van der Waals surface area contributed by atoms with E-state index in [1.165, 1.54) is 17.0 Å². The van der Waals surface area contributed by atoms with Gasteiger partial charge in [0.2, 0.25) is 0 Å². The zero-order chi connectivity index (χ0) is 12.2. The maximum atomic E-state index is 7.66. The molecule has 88 valence electrons. The monoisotopic (exact) mass is 221 g/mol. The average Bonchev–Trinajstić information content (AvgIpc) is 2.69. The lowest BCUT2D eigenvalue weighted by Crippen LogP contribution is -2.15. The van der Waals surface area contributed by atoms with Gasteiger partial charge in [0.15, 0.2) is 0 Å². The second kappa shape index (κ2) is 3.59. The van der Waals surface area contributed by atoms with Crippen LogP contribution in [0.5, 0.6) is 0 Å². The Morgan fingerprint density at radius 3 is 2.62 bits per heavy atom. The van der Waals surface area contributed by atoms with Crippen molar-refractivity contribution < 1.29 is 1.41 Å². The van der Waals surface area contributed by atoms with Gasteiger partial charge in [0, 0.05) is 18.3 Å². The van der Waals surface area contributed by atoms with Crippen LogP contribution in [0.3, 0.4) is 0 Å². The summed E-state index contributed by atoms with van der Waals surface area (Å²) in [5.74, 6) is 2.16. The molecule has 1 aliphatic heterocycles. The minimum absolute atomic E-state index is 0.704. The summed E-state index contributed by atoms with van der Waals surface area (Å²) in [6.07, 6.45) is 2.10. The fraction of sp³-hybridized carbons (Fsp3) is 0.769. The molecule has 3 nitrogen and oxygen atoms in total. The first kappa shape index (κ1) is 9.23. The Labute approximate surface area is 98.7 Å². The van der Waals surface area contributed by atoms with Crippen molar-refractivity contribution in [2.75, 3.05) is 13.1 Å². The third kappa shape index (κ3) is 1.27. The fourth-order valence-electron chi connectivity index (χ4n) is 3.45. The first-order valence-electron chi connectivity index (χ1n) is 6.90. The molecule has 3 atom stereocenters. The highest BCUT2D eigenvalue weighted by molar-refractivity contribution is 5.38. The summed E-state index contributed by atoms with van der Waals surface area (Å²) in [7, 11) is 2.07. The Kier molecular flexibility index (Phi) is 2.07. The standard InChI is InChI=1S/C13H21N3/c1-4-10-13(11(5-2)16(3)15-10)12-8-6-14-7-9(8)12/h8-9,12,14H,4-7H2,1-3H3/t8-,9+,12?/i/hT. The minimum atomic E-state index is 0.704. The van der Waals surface area contributed by atoms with Crippen molar-refractivity contribution in [1.82, 2.24) is 15.1 Å². The molecule has 1 saturated heterocycles. The lowest BCUT2D eigenvalue weighted by molar-refractivity contribution is 0.672. The van der Waals surface area contributed by atoms with Crippen LogP contribution in [-0.4, -0.2) is 22.9 Å². The Bertz CT molecular complexity index is 428. The topological polar surface area (TPSA) is 29.9 Å². The van der Waals surface area contributed by atoms with Crippen molar-refractivity contribution in [2.24, 2.45) is 18.9 Å². The van der Waals surface area contributed by atoms with E-state index in [9.17, 15) is 0 Å². The molecule has 1 saturated carbocycles. The lowest BCUT2D eigenvalue weighted by atomic mass is 10.0. The lowest BCUT2D eigenvalue weighted by Gasteiger charge is -2.07. The molecular formula is C13H21N3. The van der Waals surface area contributed by atoms with Crippen LogP contribution < -0.4 is 5.31 Å². The van der Waals surface area contributed by atoms with E-state index in [-0.39, 0.29) is 0 Å². The maximum absolute atomic E-state index is 7.66. The van der Waals surface area contributed by atoms with Crippen molar-refractivity contribution in [3.05, 3.63) is 17.0 Å². The first-order valence-corrected chi connectivity index (χ1v) is 6.45. The van der Waals surface area contributed by atoms with E-state index in [1.807, 2.05) is 0 Å². The predicted molar refractivity (Wildman–Crippen MR) is 64.6 cm³/mol. The smallest absolute Gasteiger partial charge is 0.122 e.